The van der Waals surface area contributed by atoms with Crippen LogP contribution < -0.4 is 5.73 Å². The van der Waals surface area contributed by atoms with Gasteiger partial charge in [-0.05, 0) is 34.6 Å². The molecule has 0 aromatic carbocycles. The maximum atomic E-state index is 11.3. The number of carbonyl (C=O) groups excluding carboxylic acids is 1. The highest BCUT2D eigenvalue weighted by atomic mass is 16.5. The van der Waals surface area contributed by atoms with E-state index in [0.717, 1.165) is 0 Å². The molecule has 0 fully saturated rings. The molecule has 0 rings (SSSR count). The molecule has 4 heteroatoms. The Morgan fingerprint density at radius 3 is 2.33 bits per heavy atom. The molecule has 0 aliphatic heterocycles. The Morgan fingerprint density at radius 1 is 1.40 bits per heavy atom. The van der Waals surface area contributed by atoms with Crippen LogP contribution in [0.3, 0.4) is 0 Å². The first-order valence-electron chi connectivity index (χ1n) is 5.38. The Bertz CT molecular complexity index is 202. The standard InChI is InChI=1S/C11H23NO3/c1-6-14-10(13)9(12)7-11(4,5)15-8(2)3/h8-9H,6-7,12H2,1-5H3. The van der Waals surface area contributed by atoms with Crippen molar-refractivity contribution in [3.8, 4) is 0 Å². The van der Waals surface area contributed by atoms with Crippen LogP contribution in [0.2, 0.25) is 0 Å². The van der Waals surface area contributed by atoms with Gasteiger partial charge in [0, 0.05) is 6.42 Å². The molecule has 4 nitrogen and oxygen atoms in total. The summed E-state index contributed by atoms with van der Waals surface area (Å²) in [5.74, 6) is -0.363. The molecule has 15 heavy (non-hydrogen) atoms. The van der Waals surface area contributed by atoms with Crippen LogP contribution in [0.5, 0.6) is 0 Å². The lowest BCUT2D eigenvalue weighted by Gasteiger charge is -2.29. The highest BCUT2D eigenvalue weighted by Crippen LogP contribution is 2.18. The van der Waals surface area contributed by atoms with E-state index in [2.05, 4.69) is 0 Å². The van der Waals surface area contributed by atoms with E-state index < -0.39 is 11.6 Å². The summed E-state index contributed by atoms with van der Waals surface area (Å²) < 4.78 is 10.5. The van der Waals surface area contributed by atoms with E-state index in [1.54, 1.807) is 6.92 Å². The molecule has 0 aromatic rings. The number of nitrogens with two attached hydrogens (primary N) is 1. The minimum atomic E-state index is -0.612. The number of ether oxygens (including phenoxy) is 2. The zero-order chi connectivity index (χ0) is 12.1. The van der Waals surface area contributed by atoms with Gasteiger partial charge in [0.2, 0.25) is 0 Å². The van der Waals surface area contributed by atoms with Crippen LogP contribution >= 0.6 is 0 Å². The van der Waals surface area contributed by atoms with E-state index in [1.807, 2.05) is 27.7 Å². The summed E-state index contributed by atoms with van der Waals surface area (Å²) in [6.45, 7) is 9.88. The fraction of sp³-hybridized carbons (Fsp3) is 0.909. The van der Waals surface area contributed by atoms with Crippen LogP contribution in [0.4, 0.5) is 0 Å². The fourth-order valence-corrected chi connectivity index (χ4v) is 1.55. The van der Waals surface area contributed by atoms with E-state index in [4.69, 9.17) is 15.2 Å². The average Bonchev–Trinajstić information content (AvgIpc) is 2.00. The third kappa shape index (κ3) is 6.47. The Balaban J connectivity index is 4.14. The maximum absolute atomic E-state index is 11.3. The predicted octanol–water partition coefficient (Wildman–Crippen LogP) is 1.47. The molecule has 1 unspecified atom stereocenters. The fourth-order valence-electron chi connectivity index (χ4n) is 1.55. The highest BCUT2D eigenvalue weighted by molar-refractivity contribution is 5.75. The van der Waals surface area contributed by atoms with Crippen molar-refractivity contribution < 1.29 is 14.3 Å². The summed E-state index contributed by atoms with van der Waals surface area (Å²) >= 11 is 0. The van der Waals surface area contributed by atoms with Crippen molar-refractivity contribution in [3.05, 3.63) is 0 Å². The SMILES string of the molecule is CCOC(=O)C(N)CC(C)(C)OC(C)C. The molecule has 0 saturated heterocycles. The first-order valence-corrected chi connectivity index (χ1v) is 5.38. The van der Waals surface area contributed by atoms with Crippen molar-refractivity contribution in [2.75, 3.05) is 6.61 Å². The van der Waals surface area contributed by atoms with Crippen LogP contribution in [-0.2, 0) is 14.3 Å². The van der Waals surface area contributed by atoms with Crippen molar-refractivity contribution in [3.63, 3.8) is 0 Å². The molecule has 0 aromatic heterocycles. The third-order valence-electron chi connectivity index (χ3n) is 1.86. The van der Waals surface area contributed by atoms with E-state index in [1.165, 1.54) is 0 Å². The summed E-state index contributed by atoms with van der Waals surface area (Å²) in [5.41, 5.74) is 5.31. The normalized spacial score (nSPS) is 14.1. The topological polar surface area (TPSA) is 61.5 Å². The highest BCUT2D eigenvalue weighted by Gasteiger charge is 2.27. The van der Waals surface area contributed by atoms with Crippen LogP contribution in [-0.4, -0.2) is 30.3 Å². The molecule has 0 spiro atoms. The Kier molecular flexibility index (Phi) is 5.83. The monoisotopic (exact) mass is 217 g/mol. The van der Waals surface area contributed by atoms with Gasteiger partial charge in [-0.1, -0.05) is 0 Å². The van der Waals surface area contributed by atoms with Crippen LogP contribution in [0, 0.1) is 0 Å². The lowest BCUT2D eigenvalue weighted by Crippen LogP contribution is -2.41. The van der Waals surface area contributed by atoms with E-state index in [9.17, 15) is 4.79 Å². The molecule has 2 N–H and O–H groups in total. The van der Waals surface area contributed by atoms with Gasteiger partial charge in [0.1, 0.15) is 6.04 Å². The first-order chi connectivity index (χ1) is 6.78. The lowest BCUT2D eigenvalue weighted by atomic mass is 9.99. The molecule has 0 saturated carbocycles. The van der Waals surface area contributed by atoms with E-state index in [-0.39, 0.29) is 12.1 Å². The molecule has 0 heterocycles. The summed E-state index contributed by atoms with van der Waals surface area (Å²) in [4.78, 5) is 11.3. The first kappa shape index (κ1) is 14.4. The van der Waals surface area contributed by atoms with Gasteiger partial charge in [0.25, 0.3) is 0 Å². The number of hydrogen-bond acceptors (Lipinski definition) is 4. The molecule has 0 radical (unpaired) electrons. The van der Waals surface area contributed by atoms with Gasteiger partial charge in [-0.2, -0.15) is 0 Å². The molecule has 0 amide bonds. The quantitative estimate of drug-likeness (QED) is 0.684. The minimum Gasteiger partial charge on any atom is -0.465 e. The Hall–Kier alpha value is -0.610. The van der Waals surface area contributed by atoms with Gasteiger partial charge in [-0.25, -0.2) is 0 Å². The van der Waals surface area contributed by atoms with Gasteiger partial charge in [0.15, 0.2) is 0 Å². The zero-order valence-electron chi connectivity index (χ0n) is 10.4. The van der Waals surface area contributed by atoms with Crippen LogP contribution in [0.15, 0.2) is 0 Å². The van der Waals surface area contributed by atoms with Gasteiger partial charge in [-0.3, -0.25) is 4.79 Å². The molecule has 0 aliphatic carbocycles. The lowest BCUT2D eigenvalue weighted by molar-refractivity contribution is -0.147. The molecular weight excluding hydrogens is 194 g/mol. The molecule has 1 atom stereocenters. The van der Waals surface area contributed by atoms with Crippen molar-refractivity contribution in [2.45, 2.75) is 58.8 Å². The largest absolute Gasteiger partial charge is 0.465 e. The Labute approximate surface area is 92.1 Å². The second-order valence-electron chi connectivity index (χ2n) is 4.49. The summed E-state index contributed by atoms with van der Waals surface area (Å²) in [6, 6.07) is -0.612. The number of carbonyl (C=O) groups is 1. The van der Waals surface area contributed by atoms with Gasteiger partial charge in [-0.15, -0.1) is 0 Å². The van der Waals surface area contributed by atoms with Crippen molar-refractivity contribution in [1.82, 2.24) is 0 Å². The van der Waals surface area contributed by atoms with Crippen molar-refractivity contribution in [2.24, 2.45) is 5.73 Å². The average molecular weight is 217 g/mol. The second kappa shape index (κ2) is 6.08. The summed E-state index contributed by atoms with van der Waals surface area (Å²) in [5, 5.41) is 0. The summed E-state index contributed by atoms with van der Waals surface area (Å²) in [6.07, 6.45) is 0.582. The van der Waals surface area contributed by atoms with E-state index >= 15 is 0 Å². The predicted molar refractivity (Wildman–Crippen MR) is 59.5 cm³/mol. The summed E-state index contributed by atoms with van der Waals surface area (Å²) in [7, 11) is 0. The molecular formula is C11H23NO3. The Morgan fingerprint density at radius 2 is 1.93 bits per heavy atom. The number of esters is 1. The van der Waals surface area contributed by atoms with Crippen LogP contribution in [0.25, 0.3) is 0 Å². The zero-order valence-corrected chi connectivity index (χ0v) is 10.4. The smallest absolute Gasteiger partial charge is 0.323 e. The van der Waals surface area contributed by atoms with Gasteiger partial charge < -0.3 is 15.2 Å². The third-order valence-corrected chi connectivity index (χ3v) is 1.86. The maximum Gasteiger partial charge on any atom is 0.323 e. The molecule has 0 aliphatic rings. The number of rotatable bonds is 6. The van der Waals surface area contributed by atoms with Crippen molar-refractivity contribution in [1.29, 1.82) is 0 Å². The second-order valence-corrected chi connectivity index (χ2v) is 4.49. The number of hydrogen-bond donors (Lipinski definition) is 1. The molecule has 90 valence electrons. The van der Waals surface area contributed by atoms with E-state index in [0.29, 0.717) is 13.0 Å². The van der Waals surface area contributed by atoms with Gasteiger partial charge >= 0.3 is 5.97 Å². The minimum absolute atomic E-state index is 0.120. The molecule has 0 bridgehead atoms. The van der Waals surface area contributed by atoms with Gasteiger partial charge in [0.05, 0.1) is 18.3 Å². The van der Waals surface area contributed by atoms with Crippen LogP contribution in [0.1, 0.15) is 41.0 Å². The van der Waals surface area contributed by atoms with Crippen molar-refractivity contribution >= 4 is 5.97 Å².